The number of rotatable bonds is 8. The molecule has 0 aliphatic heterocycles. The molecule has 12 N–H and O–H groups in total. The Hall–Kier alpha value is -7.64. The zero-order valence-corrected chi connectivity index (χ0v) is 27.9. The first-order valence-corrected chi connectivity index (χ1v) is 15.5. The van der Waals surface area contributed by atoms with Crippen LogP contribution in [0.5, 0.6) is 69.0 Å². The molecule has 290 valence electrons. The molecule has 0 heterocycles. The molecule has 4 aromatic rings. The number of carbonyl (C=O) groups is 4. The minimum Gasteiger partial charge on any atom is -0.504 e. The molecule has 2 atom stereocenters. The number of phenols is 12. The molecule has 0 saturated heterocycles. The number of benzene rings is 4. The van der Waals surface area contributed by atoms with Crippen LogP contribution < -0.4 is 0 Å². The summed E-state index contributed by atoms with van der Waals surface area (Å²) in [4.78, 5) is 53.7. The molecule has 0 amide bonds. The van der Waals surface area contributed by atoms with Crippen molar-refractivity contribution in [3.63, 3.8) is 0 Å². The van der Waals surface area contributed by atoms with E-state index >= 15 is 0 Å². The molecule has 0 aromatic heterocycles. The first kappa shape index (κ1) is 38.6. The molecule has 2 unspecified atom stereocenters. The van der Waals surface area contributed by atoms with Crippen molar-refractivity contribution in [2.45, 2.75) is 43.7 Å². The van der Waals surface area contributed by atoms with Gasteiger partial charge in [0.25, 0.3) is 0 Å². The van der Waals surface area contributed by atoms with Crippen molar-refractivity contribution in [1.29, 1.82) is 0 Å². The van der Waals surface area contributed by atoms with Crippen molar-refractivity contribution < 1.29 is 99.4 Å². The molecule has 1 saturated carbocycles. The molecule has 1 aliphatic rings. The maximum absolute atomic E-state index is 13.5. The van der Waals surface area contributed by atoms with Crippen LogP contribution in [0.2, 0.25) is 0 Å². The molecule has 0 spiro atoms. The molecule has 0 radical (unpaired) electrons. The number of carbonyl (C=O) groups excluding carboxylic acids is 4. The average Bonchev–Trinajstić information content (AvgIpc) is 3.10. The van der Waals surface area contributed by atoms with E-state index < -0.39 is 152 Å². The lowest BCUT2D eigenvalue weighted by molar-refractivity contribution is -0.157. The van der Waals surface area contributed by atoms with Gasteiger partial charge in [0.2, 0.25) is 0 Å². The molecule has 1 fully saturated rings. The molecular formula is C35H30O20. The van der Waals surface area contributed by atoms with E-state index in [0.29, 0.717) is 36.4 Å². The summed E-state index contributed by atoms with van der Waals surface area (Å²) in [6, 6.07) is 5.58. The smallest absolute Gasteiger partial charge is 0.338 e. The number of ether oxygens (including phenoxy) is 4. The third kappa shape index (κ3) is 7.91. The summed E-state index contributed by atoms with van der Waals surface area (Å²) in [5, 5.41) is 119. The van der Waals surface area contributed by atoms with Gasteiger partial charge in [-0.2, -0.15) is 0 Å². The number of aromatic hydroxyl groups is 12. The van der Waals surface area contributed by atoms with Crippen molar-refractivity contribution in [1.82, 2.24) is 0 Å². The summed E-state index contributed by atoms with van der Waals surface area (Å²) >= 11 is 0. The molecule has 4 aromatic carbocycles. The van der Waals surface area contributed by atoms with Gasteiger partial charge < -0.3 is 80.2 Å². The number of hydrogen-bond donors (Lipinski definition) is 12. The van der Waals surface area contributed by atoms with Gasteiger partial charge in [0, 0.05) is 12.8 Å². The summed E-state index contributed by atoms with van der Waals surface area (Å²) in [7, 11) is 0. The van der Waals surface area contributed by atoms with E-state index in [1.165, 1.54) is 6.92 Å². The minimum atomic E-state index is -1.93. The molecule has 0 bridgehead atoms. The normalized spacial score (nSPS) is 19.2. The van der Waals surface area contributed by atoms with Gasteiger partial charge in [0.15, 0.2) is 75.1 Å². The van der Waals surface area contributed by atoms with Crippen molar-refractivity contribution in [3.8, 4) is 69.0 Å². The minimum absolute atomic E-state index is 0.512. The van der Waals surface area contributed by atoms with Crippen LogP contribution in [-0.4, -0.2) is 109 Å². The van der Waals surface area contributed by atoms with E-state index in [2.05, 4.69) is 0 Å². The lowest BCUT2D eigenvalue weighted by Crippen LogP contribution is -2.57. The quantitative estimate of drug-likeness (QED) is 0.0695. The predicted octanol–water partition coefficient (Wildman–Crippen LogP) is 2.54. The van der Waals surface area contributed by atoms with Crippen molar-refractivity contribution in [2.24, 2.45) is 0 Å². The van der Waals surface area contributed by atoms with E-state index in [1.807, 2.05) is 0 Å². The van der Waals surface area contributed by atoms with E-state index in [-0.39, 0.29) is 0 Å². The van der Waals surface area contributed by atoms with Gasteiger partial charge in [-0.1, -0.05) is 0 Å². The van der Waals surface area contributed by atoms with Gasteiger partial charge in [0.05, 0.1) is 22.3 Å². The van der Waals surface area contributed by atoms with E-state index in [4.69, 9.17) is 18.9 Å². The maximum atomic E-state index is 13.5. The van der Waals surface area contributed by atoms with Crippen molar-refractivity contribution in [3.05, 3.63) is 70.8 Å². The first-order chi connectivity index (χ1) is 25.7. The second kappa shape index (κ2) is 14.4. The van der Waals surface area contributed by atoms with Crippen LogP contribution in [0.1, 0.15) is 61.2 Å². The second-order valence-corrected chi connectivity index (χ2v) is 12.5. The summed E-state index contributed by atoms with van der Waals surface area (Å²) in [5.74, 6) is -17.0. The Morgan fingerprint density at radius 3 is 0.945 bits per heavy atom. The van der Waals surface area contributed by atoms with E-state index in [1.54, 1.807) is 0 Å². The average molecular weight is 771 g/mol. The van der Waals surface area contributed by atoms with Crippen LogP contribution in [0, 0.1) is 0 Å². The van der Waals surface area contributed by atoms with Gasteiger partial charge in [-0.05, 0) is 55.5 Å². The van der Waals surface area contributed by atoms with Crippen LogP contribution in [0.4, 0.5) is 0 Å². The van der Waals surface area contributed by atoms with E-state index in [9.17, 15) is 80.5 Å². The summed E-state index contributed by atoms with van der Waals surface area (Å²) in [6.45, 7) is 1.23. The third-order valence-electron chi connectivity index (χ3n) is 8.32. The molecule has 5 rings (SSSR count). The Balaban J connectivity index is 1.59. The van der Waals surface area contributed by atoms with Gasteiger partial charge in [0.1, 0.15) is 17.8 Å². The van der Waals surface area contributed by atoms with Crippen LogP contribution in [0.3, 0.4) is 0 Å². The fourth-order valence-electron chi connectivity index (χ4n) is 5.63. The summed E-state index contributed by atoms with van der Waals surface area (Å²) < 4.78 is 22.4. The van der Waals surface area contributed by atoms with Crippen molar-refractivity contribution >= 4 is 23.9 Å². The number of hydrogen-bond acceptors (Lipinski definition) is 20. The van der Waals surface area contributed by atoms with Gasteiger partial charge >= 0.3 is 23.9 Å². The van der Waals surface area contributed by atoms with Crippen molar-refractivity contribution in [2.75, 3.05) is 0 Å². The highest BCUT2D eigenvalue weighted by Gasteiger charge is 2.52. The topological polar surface area (TPSA) is 348 Å². The van der Waals surface area contributed by atoms with Crippen LogP contribution >= 0.6 is 0 Å². The first-order valence-electron chi connectivity index (χ1n) is 15.5. The Kier molecular flexibility index (Phi) is 10.1. The Bertz CT molecular complexity index is 2050. The molecule has 20 heteroatoms. The standard InChI is InChI=1S/C35H30O20/c1-35(55-34(51)15-8-22(42)29(47)23(43)9-15)10-24(52-31(48)12-2-16(36)26(44)17(37)3-12)30(54-33(50)14-6-20(40)28(46)21(41)7-14)25(11-35)53-32(49)13-4-18(38)27(45)19(39)5-13/h2-9,24-25,30,36-47H,10-11H2,1H3. The SMILES string of the molecule is CC1(OC(=O)c2cc(O)c(O)c(O)c2)CC(OC(=O)c2cc(O)c(O)c(O)c2)C(OC(=O)c2cc(O)c(O)c(O)c2)C(OC(=O)c2cc(O)c(O)c(O)c2)C1. The highest BCUT2D eigenvalue weighted by molar-refractivity contribution is 5.94. The zero-order chi connectivity index (χ0) is 40.7. The second-order valence-electron chi connectivity index (χ2n) is 12.5. The maximum Gasteiger partial charge on any atom is 0.338 e. The zero-order valence-electron chi connectivity index (χ0n) is 27.9. The lowest BCUT2D eigenvalue weighted by Gasteiger charge is -2.44. The molecule has 1 aliphatic carbocycles. The third-order valence-corrected chi connectivity index (χ3v) is 8.32. The van der Waals surface area contributed by atoms with Crippen LogP contribution in [0.15, 0.2) is 48.5 Å². The highest BCUT2D eigenvalue weighted by Crippen LogP contribution is 2.43. The lowest BCUT2D eigenvalue weighted by atomic mass is 9.80. The van der Waals surface area contributed by atoms with E-state index in [0.717, 1.165) is 12.1 Å². The van der Waals surface area contributed by atoms with Gasteiger partial charge in [-0.3, -0.25) is 0 Å². The van der Waals surface area contributed by atoms with Crippen LogP contribution in [0.25, 0.3) is 0 Å². The summed E-state index contributed by atoms with van der Waals surface area (Å²) in [6.07, 6.45) is -6.88. The Morgan fingerprint density at radius 2 is 0.673 bits per heavy atom. The fourth-order valence-corrected chi connectivity index (χ4v) is 5.63. The van der Waals surface area contributed by atoms with Crippen LogP contribution in [-0.2, 0) is 18.9 Å². The molecule has 20 nitrogen and oxygen atoms in total. The fraction of sp³-hybridized carbons (Fsp3) is 0.200. The predicted molar refractivity (Wildman–Crippen MR) is 176 cm³/mol. The van der Waals surface area contributed by atoms with Gasteiger partial charge in [-0.15, -0.1) is 0 Å². The highest BCUT2D eigenvalue weighted by atomic mass is 16.6. The molecular weight excluding hydrogens is 740 g/mol. The molecule has 55 heavy (non-hydrogen) atoms. The number of phenolic OH excluding ortho intramolecular Hbond substituents is 12. The Morgan fingerprint density at radius 1 is 0.436 bits per heavy atom. The van der Waals surface area contributed by atoms with Gasteiger partial charge in [-0.25, -0.2) is 19.2 Å². The number of esters is 4. The monoisotopic (exact) mass is 770 g/mol. The Labute approximate surface area is 306 Å². The largest absolute Gasteiger partial charge is 0.504 e. The summed E-state index contributed by atoms with van der Waals surface area (Å²) in [5.41, 5.74) is -4.21.